The quantitative estimate of drug-likeness (QED) is 0.494. The Bertz CT molecular complexity index is 1060. The Balaban J connectivity index is 1.69. The van der Waals surface area contributed by atoms with Crippen LogP contribution in [0.3, 0.4) is 0 Å². The number of non-ortho nitro benzene ring substituents is 1. The van der Waals surface area contributed by atoms with Gasteiger partial charge < -0.3 is 0 Å². The molecule has 0 aliphatic heterocycles. The topological polar surface area (TPSA) is 141 Å². The highest BCUT2D eigenvalue weighted by atomic mass is 32.1. The number of hydrogen-bond donors (Lipinski definition) is 1. The molecule has 0 aliphatic rings. The van der Waals surface area contributed by atoms with Crippen LogP contribution in [0.1, 0.15) is 26.5 Å². The Morgan fingerprint density at radius 2 is 1.79 bits per heavy atom. The maximum Gasteiger partial charge on any atom is 0.273 e. The van der Waals surface area contributed by atoms with E-state index in [4.69, 9.17) is 0 Å². The number of nitro groups is 2. The lowest BCUT2D eigenvalue weighted by Gasteiger charge is -2.02. The molecule has 0 aliphatic carbocycles. The lowest BCUT2D eigenvalue weighted by atomic mass is 10.1. The Labute approximate surface area is 162 Å². The van der Waals surface area contributed by atoms with E-state index in [9.17, 15) is 25.0 Å². The largest absolute Gasteiger partial charge is 0.296 e. The fourth-order valence-electron chi connectivity index (χ4n) is 2.40. The zero-order valence-electron chi connectivity index (χ0n) is 14.5. The smallest absolute Gasteiger partial charge is 0.273 e. The van der Waals surface area contributed by atoms with Crippen LogP contribution in [0.25, 0.3) is 0 Å². The molecule has 3 rings (SSSR count). The molecule has 1 heterocycles. The zero-order chi connectivity index (χ0) is 20.3. The van der Waals surface area contributed by atoms with Crippen LogP contribution in [-0.2, 0) is 6.42 Å². The Morgan fingerprint density at radius 1 is 1.07 bits per heavy atom. The molecular weight excluding hydrogens is 386 g/mol. The van der Waals surface area contributed by atoms with Gasteiger partial charge in [-0.05, 0) is 18.6 Å². The third-order valence-electron chi connectivity index (χ3n) is 3.86. The first-order valence-corrected chi connectivity index (χ1v) is 8.77. The Hall–Kier alpha value is -3.73. The second-order valence-corrected chi connectivity index (χ2v) is 6.88. The number of hydrogen-bond acceptors (Lipinski definition) is 8. The number of benzene rings is 2. The summed E-state index contributed by atoms with van der Waals surface area (Å²) in [6.45, 7) is 1.59. The first-order chi connectivity index (χ1) is 13.3. The van der Waals surface area contributed by atoms with Crippen LogP contribution in [0.5, 0.6) is 0 Å². The van der Waals surface area contributed by atoms with Gasteiger partial charge in [0.15, 0.2) is 0 Å². The summed E-state index contributed by atoms with van der Waals surface area (Å²) in [6, 6.07) is 10.3. The summed E-state index contributed by atoms with van der Waals surface area (Å²) in [4.78, 5) is 33.0. The van der Waals surface area contributed by atoms with Crippen LogP contribution in [-0.4, -0.2) is 26.0 Å². The molecule has 1 aromatic heterocycles. The van der Waals surface area contributed by atoms with Gasteiger partial charge in [0.2, 0.25) is 5.13 Å². The van der Waals surface area contributed by atoms with Crippen molar-refractivity contribution in [2.24, 2.45) is 0 Å². The van der Waals surface area contributed by atoms with E-state index in [1.807, 2.05) is 0 Å². The Morgan fingerprint density at radius 3 is 2.43 bits per heavy atom. The van der Waals surface area contributed by atoms with Crippen molar-refractivity contribution in [2.75, 3.05) is 5.32 Å². The van der Waals surface area contributed by atoms with Gasteiger partial charge in [-0.2, -0.15) is 0 Å². The third-order valence-corrected chi connectivity index (χ3v) is 4.70. The maximum atomic E-state index is 12.3. The molecule has 1 N–H and O–H groups in total. The molecule has 0 radical (unpaired) electrons. The number of nitro benzene ring substituents is 2. The second kappa shape index (κ2) is 7.88. The molecule has 0 saturated carbocycles. The number of aromatic nitrogens is 2. The van der Waals surface area contributed by atoms with Crippen LogP contribution in [0, 0.1) is 27.2 Å². The molecule has 1 amide bonds. The molecule has 0 unspecified atom stereocenters. The van der Waals surface area contributed by atoms with Crippen molar-refractivity contribution in [1.82, 2.24) is 10.2 Å². The van der Waals surface area contributed by atoms with E-state index in [0.29, 0.717) is 17.0 Å². The summed E-state index contributed by atoms with van der Waals surface area (Å²) < 4.78 is 0. The van der Waals surface area contributed by atoms with E-state index in [0.717, 1.165) is 16.9 Å². The molecule has 0 saturated heterocycles. The monoisotopic (exact) mass is 399 g/mol. The summed E-state index contributed by atoms with van der Waals surface area (Å²) in [7, 11) is 0. The maximum absolute atomic E-state index is 12.3. The first kappa shape index (κ1) is 19.0. The lowest BCUT2D eigenvalue weighted by molar-refractivity contribution is -0.385. The molecule has 2 aromatic carbocycles. The van der Waals surface area contributed by atoms with Crippen molar-refractivity contribution >= 4 is 33.8 Å². The van der Waals surface area contributed by atoms with Gasteiger partial charge in [0.25, 0.3) is 17.3 Å². The first-order valence-electron chi connectivity index (χ1n) is 7.95. The number of carbonyl (C=O) groups excluding carboxylic acids is 1. The van der Waals surface area contributed by atoms with Crippen molar-refractivity contribution < 1.29 is 14.6 Å². The Kier molecular flexibility index (Phi) is 5.36. The molecule has 142 valence electrons. The summed E-state index contributed by atoms with van der Waals surface area (Å²) >= 11 is 1.15. The van der Waals surface area contributed by atoms with Gasteiger partial charge in [-0.25, -0.2) is 0 Å². The van der Waals surface area contributed by atoms with Crippen LogP contribution in [0.4, 0.5) is 16.5 Å². The van der Waals surface area contributed by atoms with E-state index in [1.54, 1.807) is 19.1 Å². The summed E-state index contributed by atoms with van der Waals surface area (Å²) in [6.07, 6.45) is 0.404. The molecule has 11 heteroatoms. The van der Waals surface area contributed by atoms with Crippen molar-refractivity contribution in [2.45, 2.75) is 13.3 Å². The number of carbonyl (C=O) groups is 1. The number of anilines is 1. The van der Waals surface area contributed by atoms with Crippen LogP contribution in [0.2, 0.25) is 0 Å². The van der Waals surface area contributed by atoms with Crippen molar-refractivity contribution in [3.63, 3.8) is 0 Å². The fourth-order valence-corrected chi connectivity index (χ4v) is 3.17. The average Bonchev–Trinajstić information content (AvgIpc) is 3.09. The minimum atomic E-state index is -0.542. The molecule has 0 bridgehead atoms. The highest BCUT2D eigenvalue weighted by molar-refractivity contribution is 7.15. The predicted molar refractivity (Wildman–Crippen MR) is 102 cm³/mol. The molecule has 0 spiro atoms. The number of rotatable bonds is 6. The van der Waals surface area contributed by atoms with Crippen molar-refractivity contribution in [3.8, 4) is 0 Å². The SMILES string of the molecule is Cc1ccc(C(=O)Nc2nnc(Cc3ccc([N+](=O)[O-])cc3)s2)cc1[N+](=O)[O-]. The molecule has 0 atom stereocenters. The highest BCUT2D eigenvalue weighted by Crippen LogP contribution is 2.23. The average molecular weight is 399 g/mol. The summed E-state index contributed by atoms with van der Waals surface area (Å²) in [5, 5.41) is 33.0. The number of amides is 1. The van der Waals surface area contributed by atoms with Crippen molar-refractivity contribution in [1.29, 1.82) is 0 Å². The lowest BCUT2D eigenvalue weighted by Crippen LogP contribution is -2.12. The molecule has 0 fully saturated rings. The molecule has 10 nitrogen and oxygen atoms in total. The molecule has 3 aromatic rings. The van der Waals surface area contributed by atoms with Gasteiger partial charge in [-0.15, -0.1) is 10.2 Å². The van der Waals surface area contributed by atoms with Crippen LogP contribution in [0.15, 0.2) is 42.5 Å². The second-order valence-electron chi connectivity index (χ2n) is 5.81. The van der Waals surface area contributed by atoms with E-state index >= 15 is 0 Å². The minimum Gasteiger partial charge on any atom is -0.296 e. The molecular formula is C17H13N5O5S. The van der Waals surface area contributed by atoms with Gasteiger partial charge in [0.05, 0.1) is 9.85 Å². The van der Waals surface area contributed by atoms with E-state index in [-0.39, 0.29) is 22.1 Å². The van der Waals surface area contributed by atoms with Gasteiger partial charge >= 0.3 is 0 Å². The van der Waals surface area contributed by atoms with Crippen LogP contribution >= 0.6 is 11.3 Å². The normalized spacial score (nSPS) is 10.5. The van der Waals surface area contributed by atoms with Gasteiger partial charge in [-0.1, -0.05) is 29.5 Å². The number of aryl methyl sites for hydroxylation is 1. The number of nitrogens with zero attached hydrogens (tertiary/aromatic N) is 4. The third kappa shape index (κ3) is 4.32. The summed E-state index contributed by atoms with van der Waals surface area (Å²) in [5.41, 5.74) is 1.28. The van der Waals surface area contributed by atoms with Crippen LogP contribution < -0.4 is 5.32 Å². The fraction of sp³-hybridized carbons (Fsp3) is 0.118. The predicted octanol–water partition coefficient (Wildman–Crippen LogP) is 3.51. The summed E-state index contributed by atoms with van der Waals surface area (Å²) in [5.74, 6) is -0.527. The minimum absolute atomic E-state index is 0.00107. The zero-order valence-corrected chi connectivity index (χ0v) is 15.3. The number of nitrogens with one attached hydrogen (secondary N) is 1. The van der Waals surface area contributed by atoms with Gasteiger partial charge in [0.1, 0.15) is 5.01 Å². The molecule has 28 heavy (non-hydrogen) atoms. The van der Waals surface area contributed by atoms with E-state index < -0.39 is 15.8 Å². The standard InChI is InChI=1S/C17H13N5O5S/c1-10-2-5-12(9-14(10)22(26)27)16(23)18-17-20-19-15(28-17)8-11-3-6-13(7-4-11)21(24)25/h2-7,9H,8H2,1H3,(H,18,20,23). The van der Waals surface area contributed by atoms with E-state index in [2.05, 4.69) is 15.5 Å². The van der Waals surface area contributed by atoms with Crippen molar-refractivity contribution in [3.05, 3.63) is 84.4 Å². The van der Waals surface area contributed by atoms with Gasteiger partial charge in [-0.3, -0.25) is 30.3 Å². The highest BCUT2D eigenvalue weighted by Gasteiger charge is 2.16. The van der Waals surface area contributed by atoms with E-state index in [1.165, 1.54) is 30.3 Å². The van der Waals surface area contributed by atoms with Gasteiger partial charge in [0, 0.05) is 35.7 Å².